The Morgan fingerprint density at radius 1 is 1.08 bits per heavy atom. The molecule has 3 aliphatic rings. The molecule has 1 aliphatic carbocycles. The SMILES string of the molecule is CC(C)(O)c1cnnn1[C@H]1C[C@@H](C(=O)NC2(C(=O)C(N)=O)CCS(O)(O)CC2)N(C(=O)C(CC2CCCCC2)NC(=O)c2ccc(Cl)c(Cl)c2)C1. The van der Waals surface area contributed by atoms with Crippen LogP contribution in [0.1, 0.15) is 93.7 Å². The molecule has 2 aliphatic heterocycles. The van der Waals surface area contributed by atoms with E-state index < -0.39 is 69.3 Å². The van der Waals surface area contributed by atoms with Gasteiger partial charge >= 0.3 is 0 Å². The molecule has 18 heteroatoms. The van der Waals surface area contributed by atoms with Crippen molar-refractivity contribution in [1.29, 1.82) is 0 Å². The lowest BCUT2D eigenvalue weighted by atomic mass is 9.84. The summed E-state index contributed by atoms with van der Waals surface area (Å²) in [5.74, 6) is -4.59. The van der Waals surface area contributed by atoms with Gasteiger partial charge in [0, 0.05) is 30.0 Å². The van der Waals surface area contributed by atoms with Crippen molar-refractivity contribution < 1.29 is 38.2 Å². The Labute approximate surface area is 307 Å². The van der Waals surface area contributed by atoms with Crippen molar-refractivity contribution in [3.63, 3.8) is 0 Å². The molecule has 2 saturated heterocycles. The molecule has 0 bridgehead atoms. The van der Waals surface area contributed by atoms with Gasteiger partial charge in [-0.25, -0.2) is 4.68 Å². The van der Waals surface area contributed by atoms with Crippen LogP contribution in [0.5, 0.6) is 0 Å². The summed E-state index contributed by atoms with van der Waals surface area (Å²) in [6, 6.07) is 1.44. The zero-order chi connectivity index (χ0) is 37.3. The molecule has 1 aromatic heterocycles. The van der Waals surface area contributed by atoms with Gasteiger partial charge in [-0.05, 0) is 57.2 Å². The highest BCUT2D eigenvalue weighted by Crippen LogP contribution is 2.47. The lowest BCUT2D eigenvalue weighted by Gasteiger charge is -2.45. The number of rotatable bonds is 11. The van der Waals surface area contributed by atoms with Crippen LogP contribution in [0, 0.1) is 5.92 Å². The smallest absolute Gasteiger partial charge is 0.287 e. The first-order valence-electron chi connectivity index (χ1n) is 17.0. The number of ketones is 1. The summed E-state index contributed by atoms with van der Waals surface area (Å²) in [5, 5.41) is 25.0. The summed E-state index contributed by atoms with van der Waals surface area (Å²) in [5.41, 5.74) is 2.73. The zero-order valence-corrected chi connectivity index (χ0v) is 30.8. The molecule has 3 fully saturated rings. The fourth-order valence-electron chi connectivity index (χ4n) is 7.36. The molecule has 51 heavy (non-hydrogen) atoms. The third kappa shape index (κ3) is 8.86. The Balaban J connectivity index is 1.50. The van der Waals surface area contributed by atoms with Gasteiger partial charge < -0.3 is 26.4 Å². The maximum atomic E-state index is 14.7. The Kier molecular flexibility index (Phi) is 11.7. The minimum absolute atomic E-state index is 0.0169. The molecule has 280 valence electrons. The van der Waals surface area contributed by atoms with E-state index in [0.29, 0.717) is 12.1 Å². The van der Waals surface area contributed by atoms with Gasteiger partial charge in [0.05, 0.1) is 28.0 Å². The predicted octanol–water partition coefficient (Wildman–Crippen LogP) is 3.18. The second kappa shape index (κ2) is 15.4. The highest BCUT2D eigenvalue weighted by Gasteiger charge is 2.50. The Morgan fingerprint density at radius 2 is 1.75 bits per heavy atom. The van der Waals surface area contributed by atoms with E-state index in [-0.39, 0.29) is 58.8 Å². The van der Waals surface area contributed by atoms with Gasteiger partial charge in [-0.1, -0.05) is 60.5 Å². The number of nitrogens with two attached hydrogens (primary N) is 1. The molecule has 1 saturated carbocycles. The fourth-order valence-corrected chi connectivity index (χ4v) is 9.21. The van der Waals surface area contributed by atoms with Crippen LogP contribution in [0.25, 0.3) is 0 Å². The summed E-state index contributed by atoms with van der Waals surface area (Å²) < 4.78 is 22.0. The van der Waals surface area contributed by atoms with Crippen molar-refractivity contribution in [3.05, 3.63) is 45.7 Å². The van der Waals surface area contributed by atoms with E-state index in [4.69, 9.17) is 28.9 Å². The number of nitrogens with zero attached hydrogens (tertiary/aromatic N) is 4. The van der Waals surface area contributed by atoms with Crippen molar-refractivity contribution in [2.75, 3.05) is 18.1 Å². The van der Waals surface area contributed by atoms with E-state index in [2.05, 4.69) is 20.9 Å². The average Bonchev–Trinajstić information content (AvgIpc) is 3.75. The minimum Gasteiger partial charge on any atom is -0.384 e. The highest BCUT2D eigenvalue weighted by molar-refractivity contribution is 8.24. The van der Waals surface area contributed by atoms with E-state index >= 15 is 0 Å². The number of hydrogen-bond donors (Lipinski definition) is 6. The Morgan fingerprint density at radius 3 is 2.35 bits per heavy atom. The summed E-state index contributed by atoms with van der Waals surface area (Å²) in [7, 11) is -3.03. The van der Waals surface area contributed by atoms with Crippen molar-refractivity contribution in [3.8, 4) is 0 Å². The number of nitrogens with one attached hydrogen (secondary N) is 2. The molecule has 1 unspecified atom stereocenters. The van der Waals surface area contributed by atoms with Crippen LogP contribution < -0.4 is 16.4 Å². The molecule has 15 nitrogen and oxygen atoms in total. The molecule has 3 heterocycles. The van der Waals surface area contributed by atoms with Crippen molar-refractivity contribution in [2.45, 2.75) is 101 Å². The number of halogens is 2. The fraction of sp³-hybridized carbons (Fsp3) is 0.606. The van der Waals surface area contributed by atoms with Crippen molar-refractivity contribution in [1.82, 2.24) is 30.5 Å². The van der Waals surface area contributed by atoms with Crippen LogP contribution in [0.15, 0.2) is 24.4 Å². The number of Topliss-reactive ketones (excluding diaryl/α,β-unsaturated/α-hetero) is 1. The summed E-state index contributed by atoms with van der Waals surface area (Å²) in [6.07, 6.45) is 5.95. The van der Waals surface area contributed by atoms with Crippen LogP contribution in [0.4, 0.5) is 0 Å². The monoisotopic (exact) mass is 769 g/mol. The number of benzene rings is 1. The van der Waals surface area contributed by atoms with Crippen LogP contribution in [-0.4, -0.2) is 99.2 Å². The van der Waals surface area contributed by atoms with Gasteiger partial charge in [-0.3, -0.25) is 33.1 Å². The number of hydrogen-bond acceptors (Lipinski definition) is 10. The molecule has 0 radical (unpaired) electrons. The standard InChI is InChI=1S/C33H45Cl2N7O8S/c1-32(2,48)26-17-37-40-42(26)21-16-25(30(46)39-33(27(43)28(36)44)10-12-51(49,50)13-11-33)41(18-21)31(47)24(14-19-6-4-3-5-7-19)38-29(45)20-8-9-22(34)23(35)15-20/h8-9,15,17,19,21,24-25,48-50H,3-7,10-14,16,18H2,1-2H3,(H2,36,44)(H,38,45)(H,39,46)/t21-,24?,25-/m0/s1. The molecule has 7 N–H and O–H groups in total. The predicted molar refractivity (Wildman–Crippen MR) is 190 cm³/mol. The number of carbonyl (C=O) groups is 5. The number of aliphatic hydroxyl groups is 1. The minimum atomic E-state index is -3.03. The maximum absolute atomic E-state index is 14.7. The molecule has 4 amide bonds. The average molecular weight is 771 g/mol. The first-order chi connectivity index (χ1) is 23.9. The largest absolute Gasteiger partial charge is 0.384 e. The molecule has 3 atom stereocenters. The molecular weight excluding hydrogens is 725 g/mol. The number of carbonyl (C=O) groups excluding carboxylic acids is 5. The molecular formula is C33H45Cl2N7O8S. The normalized spacial score (nSPS) is 23.2. The van der Waals surface area contributed by atoms with E-state index in [0.717, 1.165) is 32.1 Å². The topological polar surface area (TPSA) is 230 Å². The molecule has 0 spiro atoms. The van der Waals surface area contributed by atoms with Crippen LogP contribution in [0.2, 0.25) is 10.0 Å². The van der Waals surface area contributed by atoms with E-state index in [1.807, 2.05) is 0 Å². The second-order valence-electron chi connectivity index (χ2n) is 14.4. The zero-order valence-electron chi connectivity index (χ0n) is 28.5. The first-order valence-corrected chi connectivity index (χ1v) is 19.6. The lowest BCUT2D eigenvalue weighted by Crippen LogP contribution is -2.64. The Hall–Kier alpha value is -3.28. The van der Waals surface area contributed by atoms with Crippen molar-refractivity contribution in [2.24, 2.45) is 11.7 Å². The number of aromatic nitrogens is 3. The quantitative estimate of drug-likeness (QED) is 0.183. The van der Waals surface area contributed by atoms with E-state index in [1.54, 1.807) is 13.8 Å². The third-order valence-corrected chi connectivity index (χ3v) is 12.7. The summed E-state index contributed by atoms with van der Waals surface area (Å²) in [4.78, 5) is 69.3. The summed E-state index contributed by atoms with van der Waals surface area (Å²) in [6.45, 7) is 3.04. The summed E-state index contributed by atoms with van der Waals surface area (Å²) >= 11 is 12.3. The maximum Gasteiger partial charge on any atom is 0.287 e. The van der Waals surface area contributed by atoms with Gasteiger partial charge in [0.25, 0.3) is 11.8 Å². The van der Waals surface area contributed by atoms with Crippen LogP contribution in [0.3, 0.4) is 0 Å². The lowest BCUT2D eigenvalue weighted by molar-refractivity contribution is -0.145. The second-order valence-corrected chi connectivity index (χ2v) is 17.6. The van der Waals surface area contributed by atoms with Gasteiger partial charge in [-0.15, -0.1) is 5.10 Å². The molecule has 1 aromatic carbocycles. The number of likely N-dealkylation sites (tertiary alicyclic amines) is 1. The van der Waals surface area contributed by atoms with E-state index in [1.165, 1.54) is 34.0 Å². The van der Waals surface area contributed by atoms with Crippen LogP contribution in [-0.2, 0) is 24.8 Å². The first kappa shape index (κ1) is 38.9. The third-order valence-electron chi connectivity index (χ3n) is 10.2. The molecule has 5 rings (SSSR count). The van der Waals surface area contributed by atoms with Gasteiger partial charge in [0.15, 0.2) is 0 Å². The Bertz CT molecular complexity index is 1670. The van der Waals surface area contributed by atoms with Gasteiger partial charge in [0.1, 0.15) is 23.2 Å². The van der Waals surface area contributed by atoms with Crippen LogP contribution >= 0.6 is 33.8 Å². The number of amides is 4. The van der Waals surface area contributed by atoms with E-state index in [9.17, 15) is 38.2 Å². The van der Waals surface area contributed by atoms with Gasteiger partial charge in [-0.2, -0.15) is 10.6 Å². The van der Waals surface area contributed by atoms with Gasteiger partial charge in [0.2, 0.25) is 17.6 Å². The highest BCUT2D eigenvalue weighted by atomic mass is 35.5. The van der Waals surface area contributed by atoms with Crippen molar-refractivity contribution >= 4 is 63.2 Å². The number of primary amides is 1. The molecule has 2 aromatic rings.